The second-order valence-electron chi connectivity index (χ2n) is 7.03. The van der Waals surface area contributed by atoms with E-state index in [4.69, 9.17) is 4.74 Å². The van der Waals surface area contributed by atoms with E-state index in [1.165, 1.54) is 0 Å². The van der Waals surface area contributed by atoms with Gasteiger partial charge in [0.05, 0.1) is 18.3 Å². The Morgan fingerprint density at radius 3 is 2.89 bits per heavy atom. The second kappa shape index (κ2) is 8.71. The summed E-state index contributed by atoms with van der Waals surface area (Å²) >= 11 is 0. The fourth-order valence-corrected chi connectivity index (χ4v) is 3.88. The van der Waals surface area contributed by atoms with E-state index in [1.54, 1.807) is 0 Å². The molecule has 1 atom stereocenters. The van der Waals surface area contributed by atoms with Crippen LogP contribution >= 0.6 is 12.4 Å². The SMILES string of the molecule is Cc1c(C(=O)NCC2CCOc3ccccc32)nnn1C1CCNCC1.Cl. The summed E-state index contributed by atoms with van der Waals surface area (Å²) in [6, 6.07) is 8.37. The first-order valence-electron chi connectivity index (χ1n) is 9.36. The zero-order valence-electron chi connectivity index (χ0n) is 15.5. The highest BCUT2D eigenvalue weighted by molar-refractivity contribution is 5.93. The van der Waals surface area contributed by atoms with Gasteiger partial charge in [-0.1, -0.05) is 23.4 Å². The number of para-hydroxylation sites is 1. The van der Waals surface area contributed by atoms with Gasteiger partial charge in [-0.3, -0.25) is 4.79 Å². The first-order chi connectivity index (χ1) is 12.7. The number of hydrogen-bond donors (Lipinski definition) is 2. The number of halogens is 1. The summed E-state index contributed by atoms with van der Waals surface area (Å²) in [5, 5.41) is 14.8. The van der Waals surface area contributed by atoms with Gasteiger partial charge in [0.25, 0.3) is 5.91 Å². The van der Waals surface area contributed by atoms with Gasteiger partial charge in [-0.2, -0.15) is 0 Å². The van der Waals surface area contributed by atoms with Gasteiger partial charge < -0.3 is 15.4 Å². The van der Waals surface area contributed by atoms with E-state index in [0.29, 0.717) is 24.9 Å². The molecule has 0 aliphatic carbocycles. The lowest BCUT2D eigenvalue weighted by Crippen LogP contribution is -2.32. The normalized spacial score (nSPS) is 19.5. The fraction of sp³-hybridized carbons (Fsp3) is 0.526. The number of piperidine rings is 1. The molecule has 2 aliphatic heterocycles. The van der Waals surface area contributed by atoms with Crippen molar-refractivity contribution < 1.29 is 9.53 Å². The Morgan fingerprint density at radius 1 is 1.30 bits per heavy atom. The molecule has 146 valence electrons. The number of amides is 1. The lowest BCUT2D eigenvalue weighted by atomic mass is 9.93. The molecule has 27 heavy (non-hydrogen) atoms. The van der Waals surface area contributed by atoms with Gasteiger partial charge in [-0.25, -0.2) is 4.68 Å². The summed E-state index contributed by atoms with van der Waals surface area (Å²) in [7, 11) is 0. The van der Waals surface area contributed by atoms with Gasteiger partial charge in [0.15, 0.2) is 5.69 Å². The van der Waals surface area contributed by atoms with Crippen molar-refractivity contribution >= 4 is 18.3 Å². The lowest BCUT2D eigenvalue weighted by Gasteiger charge is -2.26. The Morgan fingerprint density at radius 2 is 2.07 bits per heavy atom. The third-order valence-electron chi connectivity index (χ3n) is 5.39. The van der Waals surface area contributed by atoms with Crippen LogP contribution in [0.4, 0.5) is 0 Å². The quantitative estimate of drug-likeness (QED) is 0.835. The van der Waals surface area contributed by atoms with Crippen LogP contribution in [-0.2, 0) is 0 Å². The number of carbonyl (C=O) groups is 1. The lowest BCUT2D eigenvalue weighted by molar-refractivity contribution is 0.0942. The zero-order valence-corrected chi connectivity index (χ0v) is 16.3. The molecule has 0 radical (unpaired) electrons. The summed E-state index contributed by atoms with van der Waals surface area (Å²) < 4.78 is 7.61. The molecule has 0 bridgehead atoms. The summed E-state index contributed by atoms with van der Waals surface area (Å²) in [5.74, 6) is 1.04. The molecule has 1 fully saturated rings. The molecule has 2 aliphatic rings. The van der Waals surface area contributed by atoms with Crippen molar-refractivity contribution in [3.63, 3.8) is 0 Å². The standard InChI is InChI=1S/C19H25N5O2.ClH/c1-13-18(22-23-24(13)15-6-9-20-10-7-15)19(25)21-12-14-8-11-26-17-5-3-2-4-16(14)17;/h2-5,14-15,20H,6-12H2,1H3,(H,21,25);1H. The average Bonchev–Trinajstić information content (AvgIpc) is 3.08. The van der Waals surface area contributed by atoms with Crippen molar-refractivity contribution in [2.45, 2.75) is 38.1 Å². The van der Waals surface area contributed by atoms with Gasteiger partial charge in [-0.15, -0.1) is 17.5 Å². The van der Waals surface area contributed by atoms with Crippen molar-refractivity contribution in [2.24, 2.45) is 0 Å². The first kappa shape index (κ1) is 19.6. The number of nitrogens with zero attached hydrogens (tertiary/aromatic N) is 3. The number of ether oxygens (including phenoxy) is 1. The van der Waals surface area contributed by atoms with Crippen LogP contribution in [0.5, 0.6) is 5.75 Å². The second-order valence-corrected chi connectivity index (χ2v) is 7.03. The Balaban J connectivity index is 0.00000210. The Hall–Kier alpha value is -2.12. The zero-order chi connectivity index (χ0) is 17.9. The molecule has 1 aromatic heterocycles. The van der Waals surface area contributed by atoms with Crippen molar-refractivity contribution in [3.05, 3.63) is 41.2 Å². The predicted molar refractivity (Wildman–Crippen MR) is 105 cm³/mol. The third kappa shape index (κ3) is 4.09. The predicted octanol–water partition coefficient (Wildman–Crippen LogP) is 2.23. The molecule has 2 N–H and O–H groups in total. The first-order valence-corrected chi connectivity index (χ1v) is 9.36. The number of nitrogens with one attached hydrogen (secondary N) is 2. The molecule has 3 heterocycles. The number of carbonyl (C=O) groups excluding carboxylic acids is 1. The molecule has 0 saturated carbocycles. The largest absolute Gasteiger partial charge is 0.493 e. The number of aromatic nitrogens is 3. The molecule has 7 nitrogen and oxygen atoms in total. The van der Waals surface area contributed by atoms with E-state index < -0.39 is 0 Å². The van der Waals surface area contributed by atoms with Gasteiger partial charge >= 0.3 is 0 Å². The third-order valence-corrected chi connectivity index (χ3v) is 5.39. The van der Waals surface area contributed by atoms with E-state index >= 15 is 0 Å². The van der Waals surface area contributed by atoms with Crippen LogP contribution in [0.25, 0.3) is 0 Å². The van der Waals surface area contributed by atoms with Crippen LogP contribution in [0, 0.1) is 6.92 Å². The average molecular weight is 392 g/mol. The summed E-state index contributed by atoms with van der Waals surface area (Å²) in [4.78, 5) is 12.6. The highest BCUT2D eigenvalue weighted by Gasteiger charge is 2.25. The Bertz CT molecular complexity index is 788. The molecule has 2 aromatic rings. The van der Waals surface area contributed by atoms with Gasteiger partial charge in [0.1, 0.15) is 5.75 Å². The van der Waals surface area contributed by atoms with E-state index in [2.05, 4.69) is 27.0 Å². The molecule has 0 spiro atoms. The molecule has 1 amide bonds. The van der Waals surface area contributed by atoms with Crippen molar-refractivity contribution in [3.8, 4) is 5.75 Å². The molecule has 1 aromatic carbocycles. The van der Waals surface area contributed by atoms with E-state index in [-0.39, 0.29) is 24.2 Å². The maximum atomic E-state index is 12.6. The molecule has 1 unspecified atom stereocenters. The van der Waals surface area contributed by atoms with Crippen molar-refractivity contribution in [2.75, 3.05) is 26.2 Å². The van der Waals surface area contributed by atoms with Gasteiger partial charge in [-0.05, 0) is 50.9 Å². The summed E-state index contributed by atoms with van der Waals surface area (Å²) in [6.07, 6.45) is 2.94. The van der Waals surface area contributed by atoms with Crippen molar-refractivity contribution in [1.29, 1.82) is 0 Å². The highest BCUT2D eigenvalue weighted by atomic mass is 35.5. The minimum Gasteiger partial charge on any atom is -0.493 e. The molecule has 8 heteroatoms. The molecular formula is C19H26ClN5O2. The highest BCUT2D eigenvalue weighted by Crippen LogP contribution is 2.32. The fourth-order valence-electron chi connectivity index (χ4n) is 3.88. The monoisotopic (exact) mass is 391 g/mol. The number of fused-ring (bicyclic) bond motifs is 1. The minimum atomic E-state index is -0.147. The summed E-state index contributed by atoms with van der Waals surface area (Å²) in [6.45, 7) is 5.16. The van der Waals surface area contributed by atoms with Crippen LogP contribution in [0.1, 0.15) is 53.0 Å². The van der Waals surface area contributed by atoms with Crippen LogP contribution < -0.4 is 15.4 Å². The van der Waals surface area contributed by atoms with Crippen molar-refractivity contribution in [1.82, 2.24) is 25.6 Å². The van der Waals surface area contributed by atoms with Crippen LogP contribution in [0.3, 0.4) is 0 Å². The van der Waals surface area contributed by atoms with E-state index in [9.17, 15) is 4.79 Å². The van der Waals surface area contributed by atoms with E-state index in [1.807, 2.05) is 29.8 Å². The molecular weight excluding hydrogens is 366 g/mol. The number of hydrogen-bond acceptors (Lipinski definition) is 5. The number of rotatable bonds is 4. The Labute approximate surface area is 165 Å². The van der Waals surface area contributed by atoms with Crippen LogP contribution in [0.15, 0.2) is 24.3 Å². The Kier molecular flexibility index (Phi) is 6.34. The van der Waals surface area contributed by atoms with E-state index in [0.717, 1.165) is 49.4 Å². The smallest absolute Gasteiger partial charge is 0.273 e. The summed E-state index contributed by atoms with van der Waals surface area (Å²) in [5.41, 5.74) is 2.44. The topological polar surface area (TPSA) is 81.1 Å². The molecule has 1 saturated heterocycles. The molecule has 4 rings (SSSR count). The maximum absolute atomic E-state index is 12.6. The van der Waals surface area contributed by atoms with Crippen LogP contribution in [-0.4, -0.2) is 47.1 Å². The van der Waals surface area contributed by atoms with Gasteiger partial charge in [0.2, 0.25) is 0 Å². The van der Waals surface area contributed by atoms with Gasteiger partial charge in [0, 0.05) is 12.5 Å². The minimum absolute atomic E-state index is 0. The maximum Gasteiger partial charge on any atom is 0.273 e. The van der Waals surface area contributed by atoms with Crippen LogP contribution in [0.2, 0.25) is 0 Å². The number of benzene rings is 1.